The lowest BCUT2D eigenvalue weighted by atomic mass is 9.68. The van der Waals surface area contributed by atoms with Crippen LogP contribution in [-0.4, -0.2) is 105 Å². The van der Waals surface area contributed by atoms with E-state index in [4.69, 9.17) is 23.7 Å². The molecule has 4 heterocycles. The fourth-order valence-corrected chi connectivity index (χ4v) is 6.70. The quantitative estimate of drug-likeness (QED) is 0.380. The fraction of sp³-hybridized carbons (Fsp3) is 0.889. The molecule has 0 N–H and O–H groups in total. The number of methoxy groups -OCH3 is 1. The van der Waals surface area contributed by atoms with Crippen molar-refractivity contribution in [2.75, 3.05) is 59.7 Å². The first-order valence-corrected chi connectivity index (χ1v) is 13.6. The molecule has 1 aliphatic carbocycles. The maximum atomic E-state index is 13.2. The Morgan fingerprint density at radius 2 is 1.94 bits per heavy atom. The summed E-state index contributed by atoms with van der Waals surface area (Å²) in [5.41, 5.74) is 0.788. The van der Waals surface area contributed by atoms with E-state index in [9.17, 15) is 4.79 Å². The van der Waals surface area contributed by atoms with Crippen molar-refractivity contribution in [1.29, 1.82) is 0 Å². The third-order valence-electron chi connectivity index (χ3n) is 8.99. The Bertz CT molecular complexity index is 791. The number of hydrogen-bond acceptors (Lipinski definition) is 7. The molecule has 1 amide bonds. The van der Waals surface area contributed by atoms with Crippen LogP contribution in [-0.2, 0) is 23.7 Å². The highest BCUT2D eigenvalue weighted by atomic mass is 16.6. The third kappa shape index (κ3) is 5.42. The van der Waals surface area contributed by atoms with Crippen molar-refractivity contribution in [2.24, 2.45) is 11.8 Å². The zero-order chi connectivity index (χ0) is 24.6. The van der Waals surface area contributed by atoms with Gasteiger partial charge in [-0.2, -0.15) is 0 Å². The molecule has 1 saturated carbocycles. The lowest BCUT2D eigenvalue weighted by molar-refractivity contribution is -0.121. The van der Waals surface area contributed by atoms with E-state index in [0.717, 1.165) is 84.6 Å². The largest absolute Gasteiger partial charge is 0.443 e. The van der Waals surface area contributed by atoms with Gasteiger partial charge in [0.05, 0.1) is 31.8 Å². The summed E-state index contributed by atoms with van der Waals surface area (Å²) in [5, 5.41) is 0. The molecule has 5 fully saturated rings. The minimum Gasteiger partial charge on any atom is -0.443 e. The van der Waals surface area contributed by atoms with Gasteiger partial charge in [0.2, 0.25) is 0 Å². The molecule has 0 bridgehead atoms. The molecule has 5 aliphatic rings. The predicted octanol–water partition coefficient (Wildman–Crippen LogP) is 3.24. The second-order valence-corrected chi connectivity index (χ2v) is 11.6. The molecular formula is C27H44N2O6. The van der Waals surface area contributed by atoms with Crippen molar-refractivity contribution in [3.8, 4) is 0 Å². The highest BCUT2D eigenvalue weighted by molar-refractivity contribution is 5.68. The number of allylic oxidation sites excluding steroid dienone is 1. The van der Waals surface area contributed by atoms with Gasteiger partial charge in [-0.05, 0) is 65.3 Å². The molecule has 4 aliphatic heterocycles. The molecule has 8 heteroatoms. The molecular weight excluding hydrogens is 448 g/mol. The van der Waals surface area contributed by atoms with E-state index in [1.807, 2.05) is 4.90 Å². The Hall–Kier alpha value is -1.19. The third-order valence-corrected chi connectivity index (χ3v) is 8.99. The first-order chi connectivity index (χ1) is 16.8. The molecule has 198 valence electrons. The Kier molecular flexibility index (Phi) is 7.48. The van der Waals surface area contributed by atoms with E-state index in [2.05, 4.69) is 31.7 Å². The summed E-state index contributed by atoms with van der Waals surface area (Å²) < 4.78 is 29.9. The van der Waals surface area contributed by atoms with E-state index >= 15 is 0 Å². The number of carbonyl (C=O) groups is 1. The van der Waals surface area contributed by atoms with Crippen LogP contribution in [0.2, 0.25) is 0 Å². The normalized spacial score (nSPS) is 41.1. The number of amides is 1. The minimum absolute atomic E-state index is 0.0574. The molecule has 5 rings (SSSR count). The van der Waals surface area contributed by atoms with Crippen molar-refractivity contribution in [3.05, 3.63) is 11.6 Å². The van der Waals surface area contributed by atoms with E-state index in [1.54, 1.807) is 7.11 Å². The first-order valence-electron chi connectivity index (χ1n) is 13.6. The Labute approximate surface area is 210 Å². The summed E-state index contributed by atoms with van der Waals surface area (Å²) in [6.07, 6.45) is 6.42. The van der Waals surface area contributed by atoms with Crippen molar-refractivity contribution < 1.29 is 28.5 Å². The molecule has 0 aromatic rings. The summed E-state index contributed by atoms with van der Waals surface area (Å²) >= 11 is 0. The van der Waals surface area contributed by atoms with Gasteiger partial charge in [-0.1, -0.05) is 11.6 Å². The van der Waals surface area contributed by atoms with Crippen LogP contribution in [0.4, 0.5) is 4.79 Å². The monoisotopic (exact) mass is 492 g/mol. The van der Waals surface area contributed by atoms with Crippen LogP contribution in [0.1, 0.15) is 52.9 Å². The number of hydrogen-bond donors (Lipinski definition) is 0. The number of morpholine rings is 1. The number of likely N-dealkylation sites (tertiary alicyclic amines) is 1. The van der Waals surface area contributed by atoms with Gasteiger partial charge in [0, 0.05) is 33.3 Å². The van der Waals surface area contributed by atoms with Crippen LogP contribution in [0.5, 0.6) is 0 Å². The second kappa shape index (κ2) is 10.3. The van der Waals surface area contributed by atoms with Crippen LogP contribution in [0, 0.1) is 11.8 Å². The summed E-state index contributed by atoms with van der Waals surface area (Å²) in [7, 11) is 1.73. The summed E-state index contributed by atoms with van der Waals surface area (Å²) in [6.45, 7) is 13.5. The van der Waals surface area contributed by atoms with Crippen molar-refractivity contribution in [3.63, 3.8) is 0 Å². The van der Waals surface area contributed by atoms with E-state index < -0.39 is 0 Å². The maximum Gasteiger partial charge on any atom is 0.410 e. The van der Waals surface area contributed by atoms with Crippen molar-refractivity contribution in [2.45, 2.75) is 82.4 Å². The van der Waals surface area contributed by atoms with Gasteiger partial charge in [0.15, 0.2) is 0 Å². The summed E-state index contributed by atoms with van der Waals surface area (Å²) in [6, 6.07) is 0. The molecule has 0 unspecified atom stereocenters. The molecule has 7 atom stereocenters. The molecule has 0 radical (unpaired) electrons. The van der Waals surface area contributed by atoms with Crippen LogP contribution in [0.3, 0.4) is 0 Å². The number of carbonyl (C=O) groups excluding carboxylic acids is 1. The maximum absolute atomic E-state index is 13.2. The molecule has 1 spiro atoms. The minimum atomic E-state index is -0.313. The molecule has 35 heavy (non-hydrogen) atoms. The van der Waals surface area contributed by atoms with Gasteiger partial charge < -0.3 is 28.6 Å². The predicted molar refractivity (Wildman–Crippen MR) is 131 cm³/mol. The molecule has 4 saturated heterocycles. The number of ether oxygens (including phenoxy) is 5. The topological polar surface area (TPSA) is 76.3 Å². The molecule has 0 aromatic carbocycles. The highest BCUT2D eigenvalue weighted by Gasteiger charge is 2.72. The van der Waals surface area contributed by atoms with E-state index in [-0.39, 0.29) is 41.5 Å². The van der Waals surface area contributed by atoms with Crippen LogP contribution in [0.25, 0.3) is 0 Å². The van der Waals surface area contributed by atoms with Gasteiger partial charge in [0.25, 0.3) is 0 Å². The van der Waals surface area contributed by atoms with E-state index in [0.29, 0.717) is 5.92 Å². The lowest BCUT2D eigenvalue weighted by Crippen LogP contribution is -2.56. The SMILES string of the molecule is CO[C@@H]1[C@H](OC(=O)N2CC[C@@H](CCN3CCOCC3)C2)CC[C@]2(CO2)[C@H]1[C@@]1(C)O[C@@H]1CC=C(C)C. The Morgan fingerprint density at radius 1 is 1.17 bits per heavy atom. The average molecular weight is 493 g/mol. The van der Waals surface area contributed by atoms with Crippen molar-refractivity contribution in [1.82, 2.24) is 9.80 Å². The molecule has 0 aromatic heterocycles. The molecule has 8 nitrogen and oxygen atoms in total. The van der Waals surface area contributed by atoms with Crippen molar-refractivity contribution >= 4 is 6.09 Å². The highest BCUT2D eigenvalue weighted by Crippen LogP contribution is 2.59. The Balaban J connectivity index is 1.16. The zero-order valence-corrected chi connectivity index (χ0v) is 22.0. The smallest absolute Gasteiger partial charge is 0.410 e. The number of nitrogens with zero attached hydrogens (tertiary/aromatic N) is 2. The second-order valence-electron chi connectivity index (χ2n) is 11.6. The van der Waals surface area contributed by atoms with Gasteiger partial charge in [-0.15, -0.1) is 0 Å². The van der Waals surface area contributed by atoms with Crippen LogP contribution >= 0.6 is 0 Å². The van der Waals surface area contributed by atoms with Gasteiger partial charge in [-0.25, -0.2) is 4.79 Å². The van der Waals surface area contributed by atoms with Gasteiger partial charge in [0.1, 0.15) is 23.4 Å². The lowest BCUT2D eigenvalue weighted by Gasteiger charge is -2.43. The van der Waals surface area contributed by atoms with Crippen LogP contribution in [0.15, 0.2) is 11.6 Å². The van der Waals surface area contributed by atoms with E-state index in [1.165, 1.54) is 5.57 Å². The van der Waals surface area contributed by atoms with Gasteiger partial charge >= 0.3 is 6.09 Å². The van der Waals surface area contributed by atoms with Gasteiger partial charge in [-0.3, -0.25) is 4.90 Å². The fourth-order valence-electron chi connectivity index (χ4n) is 6.70. The number of rotatable bonds is 8. The zero-order valence-electron chi connectivity index (χ0n) is 22.0. The summed E-state index contributed by atoms with van der Waals surface area (Å²) in [4.78, 5) is 17.5. The standard InChI is InChI=1S/C27H44N2O6/c1-19(2)5-6-22-26(3,35-22)24-23(31-4)21(7-10-27(24)18-33-27)34-25(30)29-12-9-20(17-29)8-11-28-13-15-32-16-14-28/h5,20-24H,6-18H2,1-4H3/t20-,21-,22-,23-,24-,26+,27+/m1/s1. The average Bonchev–Trinajstić information content (AvgIpc) is 3.70. The first kappa shape index (κ1) is 25.5. The number of epoxide rings is 2. The summed E-state index contributed by atoms with van der Waals surface area (Å²) in [5.74, 6) is 0.599. The van der Waals surface area contributed by atoms with Crippen LogP contribution < -0.4 is 0 Å². The Morgan fingerprint density at radius 3 is 2.63 bits per heavy atom.